The van der Waals surface area contributed by atoms with Crippen LogP contribution in [0.25, 0.3) is 0 Å². The zero-order chi connectivity index (χ0) is 16.9. The molecule has 1 saturated heterocycles. The molecule has 1 aliphatic rings. The minimum atomic E-state index is -0.494. The fraction of sp³-hybridized carbons (Fsp3) is 0.812. The Labute approximate surface area is 138 Å². The number of aromatic nitrogens is 3. The second-order valence-electron chi connectivity index (χ2n) is 7.11. The third-order valence-corrected chi connectivity index (χ3v) is 4.13. The van der Waals surface area contributed by atoms with E-state index < -0.39 is 6.10 Å². The predicted molar refractivity (Wildman–Crippen MR) is 91.0 cm³/mol. The maximum atomic E-state index is 10.2. The van der Waals surface area contributed by atoms with E-state index in [9.17, 15) is 5.11 Å². The maximum absolute atomic E-state index is 10.2. The van der Waals surface area contributed by atoms with Gasteiger partial charge in [0, 0.05) is 19.6 Å². The highest BCUT2D eigenvalue weighted by Crippen LogP contribution is 2.21. The number of nitrogens with zero attached hydrogens (tertiary/aromatic N) is 4. The lowest BCUT2D eigenvalue weighted by Gasteiger charge is -2.26. The zero-order valence-corrected chi connectivity index (χ0v) is 14.7. The van der Waals surface area contributed by atoms with Gasteiger partial charge in [0.05, 0.1) is 13.2 Å². The highest BCUT2D eigenvalue weighted by molar-refractivity contribution is 5.38. The van der Waals surface area contributed by atoms with Crippen LogP contribution in [0.1, 0.15) is 46.5 Å². The second kappa shape index (κ2) is 7.77. The molecule has 0 saturated carbocycles. The lowest BCUT2D eigenvalue weighted by atomic mass is 9.89. The van der Waals surface area contributed by atoms with Gasteiger partial charge in [-0.2, -0.15) is 15.0 Å². The number of ether oxygens (including phenoxy) is 1. The molecule has 23 heavy (non-hydrogen) atoms. The number of nitrogens with one attached hydrogen (secondary N) is 1. The normalized spacial score (nSPS) is 17.5. The zero-order valence-electron chi connectivity index (χ0n) is 14.7. The van der Waals surface area contributed by atoms with Gasteiger partial charge in [-0.25, -0.2) is 0 Å². The Kier molecular flexibility index (Phi) is 5.98. The minimum absolute atomic E-state index is 0.197. The van der Waals surface area contributed by atoms with E-state index in [1.54, 1.807) is 7.11 Å². The quantitative estimate of drug-likeness (QED) is 0.858. The molecule has 1 aromatic rings. The van der Waals surface area contributed by atoms with Crippen molar-refractivity contribution < 1.29 is 9.84 Å². The molecule has 1 aliphatic heterocycles. The molecule has 1 aromatic heterocycles. The first kappa shape index (κ1) is 17.7. The summed E-state index contributed by atoms with van der Waals surface area (Å²) in [5.41, 5.74) is -0.197. The summed E-state index contributed by atoms with van der Waals surface area (Å²) in [6, 6.07) is 0.298. The summed E-state index contributed by atoms with van der Waals surface area (Å²) >= 11 is 0. The van der Waals surface area contributed by atoms with E-state index >= 15 is 0 Å². The van der Waals surface area contributed by atoms with Gasteiger partial charge in [-0.1, -0.05) is 33.6 Å². The monoisotopic (exact) mass is 323 g/mol. The van der Waals surface area contributed by atoms with Crippen molar-refractivity contribution in [2.75, 3.05) is 37.0 Å². The van der Waals surface area contributed by atoms with Crippen LogP contribution >= 0.6 is 0 Å². The highest BCUT2D eigenvalue weighted by atomic mass is 16.5. The summed E-state index contributed by atoms with van der Waals surface area (Å²) in [6.45, 7) is 8.28. The van der Waals surface area contributed by atoms with Gasteiger partial charge in [0.1, 0.15) is 0 Å². The summed E-state index contributed by atoms with van der Waals surface area (Å²) in [4.78, 5) is 15.3. The maximum Gasteiger partial charge on any atom is 0.322 e. The van der Waals surface area contributed by atoms with Crippen molar-refractivity contribution in [2.45, 2.75) is 52.6 Å². The van der Waals surface area contributed by atoms with Gasteiger partial charge in [-0.3, -0.25) is 0 Å². The second-order valence-corrected chi connectivity index (χ2v) is 7.11. The van der Waals surface area contributed by atoms with E-state index in [0.717, 1.165) is 25.9 Å². The molecule has 2 N–H and O–H groups in total. The minimum Gasteiger partial charge on any atom is -0.467 e. The van der Waals surface area contributed by atoms with Crippen LogP contribution in [0.5, 0.6) is 6.01 Å². The summed E-state index contributed by atoms with van der Waals surface area (Å²) in [5, 5.41) is 13.3. The van der Waals surface area contributed by atoms with Gasteiger partial charge in [0.2, 0.25) is 11.9 Å². The van der Waals surface area contributed by atoms with Crippen molar-refractivity contribution in [3.8, 4) is 6.01 Å². The number of methoxy groups -OCH3 is 1. The number of aliphatic hydroxyl groups is 1. The number of hydrogen-bond donors (Lipinski definition) is 2. The SMILES string of the molecule is COc1nc(NCC(O)C(C)(C)C)nc(N2CCCCCC2)n1. The third kappa shape index (κ3) is 5.20. The average Bonchev–Trinajstić information content (AvgIpc) is 2.80. The Bertz CT molecular complexity index is 496. The van der Waals surface area contributed by atoms with Crippen molar-refractivity contribution in [3.05, 3.63) is 0 Å². The smallest absolute Gasteiger partial charge is 0.322 e. The van der Waals surface area contributed by atoms with Crippen molar-refractivity contribution in [1.82, 2.24) is 15.0 Å². The molecule has 7 nitrogen and oxygen atoms in total. The molecule has 1 unspecified atom stereocenters. The van der Waals surface area contributed by atoms with Gasteiger partial charge in [-0.05, 0) is 18.3 Å². The first-order chi connectivity index (χ1) is 10.9. The number of rotatable bonds is 5. The largest absolute Gasteiger partial charge is 0.467 e. The van der Waals surface area contributed by atoms with Crippen LogP contribution in [0.3, 0.4) is 0 Å². The van der Waals surface area contributed by atoms with E-state index in [2.05, 4.69) is 25.2 Å². The Hall–Kier alpha value is -1.63. The van der Waals surface area contributed by atoms with Gasteiger partial charge < -0.3 is 20.1 Å². The number of anilines is 2. The van der Waals surface area contributed by atoms with E-state index in [0.29, 0.717) is 24.5 Å². The number of hydrogen-bond acceptors (Lipinski definition) is 7. The van der Waals surface area contributed by atoms with Crippen LogP contribution in [0.4, 0.5) is 11.9 Å². The average molecular weight is 323 g/mol. The van der Waals surface area contributed by atoms with Crippen LogP contribution in [0.2, 0.25) is 0 Å². The molecule has 0 radical (unpaired) electrons. The van der Waals surface area contributed by atoms with Crippen molar-refractivity contribution >= 4 is 11.9 Å². The van der Waals surface area contributed by atoms with Crippen molar-refractivity contribution in [1.29, 1.82) is 0 Å². The molecular weight excluding hydrogens is 294 g/mol. The fourth-order valence-corrected chi connectivity index (χ4v) is 2.42. The topological polar surface area (TPSA) is 83.4 Å². The molecule has 130 valence electrons. The molecule has 0 aromatic carbocycles. The summed E-state index contributed by atoms with van der Waals surface area (Å²) in [6.07, 6.45) is 4.31. The molecular formula is C16H29N5O2. The molecule has 2 rings (SSSR count). The van der Waals surface area contributed by atoms with Crippen LogP contribution in [0, 0.1) is 5.41 Å². The first-order valence-electron chi connectivity index (χ1n) is 8.37. The van der Waals surface area contributed by atoms with Gasteiger partial charge in [-0.15, -0.1) is 0 Å². The molecule has 0 spiro atoms. The van der Waals surface area contributed by atoms with Crippen molar-refractivity contribution in [2.24, 2.45) is 5.41 Å². The van der Waals surface area contributed by atoms with E-state index in [4.69, 9.17) is 4.74 Å². The third-order valence-electron chi connectivity index (χ3n) is 4.13. The lowest BCUT2D eigenvalue weighted by molar-refractivity contribution is 0.0744. The molecule has 0 aliphatic carbocycles. The lowest BCUT2D eigenvalue weighted by Crippen LogP contribution is -2.33. The molecule has 1 atom stereocenters. The van der Waals surface area contributed by atoms with E-state index in [1.807, 2.05) is 20.8 Å². The Morgan fingerprint density at radius 3 is 2.35 bits per heavy atom. The van der Waals surface area contributed by atoms with Crippen LogP contribution in [-0.4, -0.2) is 52.9 Å². The van der Waals surface area contributed by atoms with Crippen LogP contribution < -0.4 is 15.0 Å². The molecule has 0 amide bonds. The fourth-order valence-electron chi connectivity index (χ4n) is 2.42. The van der Waals surface area contributed by atoms with Gasteiger partial charge in [0.25, 0.3) is 0 Å². The van der Waals surface area contributed by atoms with Gasteiger partial charge in [0.15, 0.2) is 0 Å². The summed E-state index contributed by atoms with van der Waals surface area (Å²) in [5.74, 6) is 1.09. The number of aliphatic hydroxyl groups excluding tert-OH is 1. The predicted octanol–water partition coefficient (Wildman–Crippen LogP) is 2.08. The van der Waals surface area contributed by atoms with E-state index in [-0.39, 0.29) is 5.41 Å². The Morgan fingerprint density at radius 1 is 1.13 bits per heavy atom. The van der Waals surface area contributed by atoms with Crippen LogP contribution in [0.15, 0.2) is 0 Å². The molecule has 2 heterocycles. The standard InChI is InChI=1S/C16H29N5O2/c1-16(2,3)12(22)11-17-13-18-14(20-15(19-13)23-4)21-9-7-5-6-8-10-21/h12,22H,5-11H2,1-4H3,(H,17,18,19,20). The molecule has 7 heteroatoms. The van der Waals surface area contributed by atoms with Crippen molar-refractivity contribution in [3.63, 3.8) is 0 Å². The Balaban J connectivity index is 2.11. The molecule has 1 fully saturated rings. The first-order valence-corrected chi connectivity index (χ1v) is 8.37. The molecule has 0 bridgehead atoms. The van der Waals surface area contributed by atoms with Gasteiger partial charge >= 0.3 is 6.01 Å². The van der Waals surface area contributed by atoms with E-state index in [1.165, 1.54) is 12.8 Å². The summed E-state index contributed by atoms with van der Waals surface area (Å²) < 4.78 is 5.20. The summed E-state index contributed by atoms with van der Waals surface area (Å²) in [7, 11) is 1.55. The van der Waals surface area contributed by atoms with Crippen LogP contribution in [-0.2, 0) is 0 Å². The highest BCUT2D eigenvalue weighted by Gasteiger charge is 2.22. The Morgan fingerprint density at radius 2 is 1.78 bits per heavy atom.